The third-order valence-electron chi connectivity index (χ3n) is 3.00. The quantitative estimate of drug-likeness (QED) is 0.749. The lowest BCUT2D eigenvalue weighted by atomic mass is 9.97. The van der Waals surface area contributed by atoms with E-state index in [-0.39, 0.29) is 0 Å². The first-order chi connectivity index (χ1) is 8.65. The Hall–Kier alpha value is -1.64. The van der Waals surface area contributed by atoms with Gasteiger partial charge >= 0.3 is 5.97 Å². The van der Waals surface area contributed by atoms with E-state index in [9.17, 15) is 9.90 Å². The van der Waals surface area contributed by atoms with Crippen LogP contribution in [0.25, 0.3) is 0 Å². The highest BCUT2D eigenvalue weighted by atomic mass is 16.4. The Morgan fingerprint density at radius 3 is 2.56 bits per heavy atom. The van der Waals surface area contributed by atoms with Gasteiger partial charge in [0.05, 0.1) is 12.5 Å². The van der Waals surface area contributed by atoms with Crippen LogP contribution < -0.4 is 0 Å². The van der Waals surface area contributed by atoms with Gasteiger partial charge in [0, 0.05) is 5.71 Å². The fourth-order valence-electron chi connectivity index (χ4n) is 1.83. The monoisotopic (exact) mass is 247 g/mol. The number of aliphatic carboxylic acids is 1. The van der Waals surface area contributed by atoms with Crippen molar-refractivity contribution in [3.05, 3.63) is 35.9 Å². The van der Waals surface area contributed by atoms with Crippen molar-refractivity contribution in [2.75, 3.05) is 0 Å². The Morgan fingerprint density at radius 2 is 2.00 bits per heavy atom. The minimum absolute atomic E-state index is 0.436. The van der Waals surface area contributed by atoms with Crippen LogP contribution in [-0.2, 0) is 11.3 Å². The summed E-state index contributed by atoms with van der Waals surface area (Å²) in [6, 6.07) is 9.89. The molecule has 0 radical (unpaired) electrons. The summed E-state index contributed by atoms with van der Waals surface area (Å²) >= 11 is 0. The molecule has 0 saturated carbocycles. The topological polar surface area (TPSA) is 49.7 Å². The van der Waals surface area contributed by atoms with Gasteiger partial charge in [-0.05, 0) is 18.9 Å². The third kappa shape index (κ3) is 4.70. The fraction of sp³-hybridized carbons (Fsp3) is 0.467. The molecule has 0 aliphatic carbocycles. The number of carboxylic acid groups (broad SMARTS) is 1. The van der Waals surface area contributed by atoms with E-state index in [2.05, 4.69) is 11.9 Å². The first-order valence-corrected chi connectivity index (χ1v) is 6.42. The number of carboxylic acids is 1. The molecule has 0 saturated heterocycles. The van der Waals surface area contributed by atoms with E-state index < -0.39 is 11.9 Å². The molecule has 0 aromatic heterocycles. The lowest BCUT2D eigenvalue weighted by Gasteiger charge is -2.11. The minimum Gasteiger partial charge on any atom is -0.481 e. The second-order valence-electron chi connectivity index (χ2n) is 4.48. The van der Waals surface area contributed by atoms with E-state index in [4.69, 9.17) is 0 Å². The van der Waals surface area contributed by atoms with Crippen LogP contribution in [0.3, 0.4) is 0 Å². The van der Waals surface area contributed by atoms with Gasteiger partial charge in [0.25, 0.3) is 0 Å². The van der Waals surface area contributed by atoms with Gasteiger partial charge in [-0.15, -0.1) is 0 Å². The van der Waals surface area contributed by atoms with E-state index >= 15 is 0 Å². The molecule has 3 heteroatoms. The van der Waals surface area contributed by atoms with Gasteiger partial charge in [0.2, 0.25) is 0 Å². The molecule has 0 amide bonds. The molecular weight excluding hydrogens is 226 g/mol. The van der Waals surface area contributed by atoms with Gasteiger partial charge in [0.1, 0.15) is 0 Å². The van der Waals surface area contributed by atoms with Crippen molar-refractivity contribution in [1.82, 2.24) is 0 Å². The second-order valence-corrected chi connectivity index (χ2v) is 4.48. The Labute approximate surface area is 109 Å². The van der Waals surface area contributed by atoms with E-state index in [0.29, 0.717) is 13.0 Å². The standard InChI is InChI=1S/C15H21NO2/c1-3-4-10-14(15(17)18)12(2)16-11-13-8-6-5-7-9-13/h5-9,14H,3-4,10-11H2,1-2H3,(H,17,18). The van der Waals surface area contributed by atoms with Gasteiger partial charge in [-0.25, -0.2) is 0 Å². The average Bonchev–Trinajstić information content (AvgIpc) is 2.37. The maximum Gasteiger partial charge on any atom is 0.312 e. The Morgan fingerprint density at radius 1 is 1.33 bits per heavy atom. The first kappa shape index (κ1) is 14.4. The molecular formula is C15H21NO2. The van der Waals surface area contributed by atoms with E-state index in [0.717, 1.165) is 24.1 Å². The van der Waals surface area contributed by atoms with Crippen molar-refractivity contribution in [3.63, 3.8) is 0 Å². The van der Waals surface area contributed by atoms with Crippen LogP contribution in [0.5, 0.6) is 0 Å². The van der Waals surface area contributed by atoms with Crippen LogP contribution in [0.15, 0.2) is 35.3 Å². The van der Waals surface area contributed by atoms with Crippen LogP contribution in [0.1, 0.15) is 38.7 Å². The number of carbonyl (C=O) groups is 1. The molecule has 3 nitrogen and oxygen atoms in total. The second kappa shape index (κ2) is 7.64. The molecule has 1 atom stereocenters. The summed E-state index contributed by atoms with van der Waals surface area (Å²) in [5, 5.41) is 9.19. The highest BCUT2D eigenvalue weighted by Gasteiger charge is 2.19. The van der Waals surface area contributed by atoms with Crippen LogP contribution in [0, 0.1) is 5.92 Å². The first-order valence-electron chi connectivity index (χ1n) is 6.42. The predicted molar refractivity (Wildman–Crippen MR) is 73.9 cm³/mol. The molecule has 0 fully saturated rings. The number of hydrogen-bond acceptors (Lipinski definition) is 2. The third-order valence-corrected chi connectivity index (χ3v) is 3.00. The summed E-state index contributed by atoms with van der Waals surface area (Å²) in [4.78, 5) is 15.6. The highest BCUT2D eigenvalue weighted by molar-refractivity contribution is 6.00. The molecule has 18 heavy (non-hydrogen) atoms. The van der Waals surface area contributed by atoms with Crippen molar-refractivity contribution >= 4 is 11.7 Å². The zero-order valence-corrected chi connectivity index (χ0v) is 11.1. The Bertz CT molecular complexity index is 398. The summed E-state index contributed by atoms with van der Waals surface area (Å²) in [5.74, 6) is -1.20. The van der Waals surface area contributed by atoms with E-state index in [1.807, 2.05) is 37.3 Å². The fourth-order valence-corrected chi connectivity index (χ4v) is 1.83. The number of aliphatic imine (C=N–C) groups is 1. The zero-order valence-electron chi connectivity index (χ0n) is 11.1. The maximum absolute atomic E-state index is 11.2. The lowest BCUT2D eigenvalue weighted by Crippen LogP contribution is -2.21. The van der Waals surface area contributed by atoms with Gasteiger partial charge in [-0.1, -0.05) is 50.1 Å². The van der Waals surface area contributed by atoms with E-state index in [1.165, 1.54) is 0 Å². The SMILES string of the molecule is CCCCC(C(=O)O)C(C)=NCc1ccccc1. The summed E-state index contributed by atoms with van der Waals surface area (Å²) in [5.41, 5.74) is 1.83. The van der Waals surface area contributed by atoms with Gasteiger partial charge < -0.3 is 5.11 Å². The minimum atomic E-state index is -0.766. The highest BCUT2D eigenvalue weighted by Crippen LogP contribution is 2.12. The number of rotatable bonds is 7. The molecule has 1 N–H and O–H groups in total. The number of unbranched alkanes of at least 4 members (excludes halogenated alkanes) is 1. The van der Waals surface area contributed by atoms with Crippen molar-refractivity contribution < 1.29 is 9.90 Å². The Kier molecular flexibility index (Phi) is 6.12. The smallest absolute Gasteiger partial charge is 0.312 e. The molecule has 0 spiro atoms. The van der Waals surface area contributed by atoms with Gasteiger partial charge in [-0.2, -0.15) is 0 Å². The number of nitrogens with zero attached hydrogens (tertiary/aromatic N) is 1. The largest absolute Gasteiger partial charge is 0.481 e. The van der Waals surface area contributed by atoms with Crippen LogP contribution in [0.2, 0.25) is 0 Å². The van der Waals surface area contributed by atoms with Crippen LogP contribution >= 0.6 is 0 Å². The summed E-state index contributed by atoms with van der Waals surface area (Å²) in [6.07, 6.45) is 2.61. The van der Waals surface area contributed by atoms with Crippen molar-refractivity contribution in [2.45, 2.75) is 39.7 Å². The molecule has 1 rings (SSSR count). The zero-order chi connectivity index (χ0) is 13.4. The van der Waals surface area contributed by atoms with Crippen molar-refractivity contribution in [1.29, 1.82) is 0 Å². The van der Waals surface area contributed by atoms with Crippen molar-refractivity contribution in [2.24, 2.45) is 10.9 Å². The summed E-state index contributed by atoms with van der Waals surface area (Å²) < 4.78 is 0. The van der Waals surface area contributed by atoms with Gasteiger partial charge in [0.15, 0.2) is 0 Å². The Balaban J connectivity index is 2.64. The van der Waals surface area contributed by atoms with Crippen LogP contribution in [-0.4, -0.2) is 16.8 Å². The molecule has 1 aromatic carbocycles. The molecule has 0 heterocycles. The van der Waals surface area contributed by atoms with Crippen molar-refractivity contribution in [3.8, 4) is 0 Å². The molecule has 1 aromatic rings. The average molecular weight is 247 g/mol. The van der Waals surface area contributed by atoms with Crippen LogP contribution in [0.4, 0.5) is 0 Å². The maximum atomic E-state index is 11.2. The number of hydrogen-bond donors (Lipinski definition) is 1. The van der Waals surface area contributed by atoms with Gasteiger partial charge in [-0.3, -0.25) is 9.79 Å². The van der Waals surface area contributed by atoms with E-state index in [1.54, 1.807) is 0 Å². The molecule has 0 aliphatic rings. The molecule has 1 unspecified atom stereocenters. The predicted octanol–water partition coefficient (Wildman–Crippen LogP) is 3.54. The summed E-state index contributed by atoms with van der Waals surface area (Å²) in [7, 11) is 0. The lowest BCUT2D eigenvalue weighted by molar-refractivity contribution is -0.139. The molecule has 0 bridgehead atoms. The normalized spacial score (nSPS) is 13.3. The molecule has 0 aliphatic heterocycles. The summed E-state index contributed by atoms with van der Waals surface area (Å²) in [6.45, 7) is 4.44. The molecule has 98 valence electrons. The number of benzene rings is 1.